The molecule has 2 aromatic rings. The summed E-state index contributed by atoms with van der Waals surface area (Å²) < 4.78 is 10.8. The number of benzene rings is 2. The first-order valence-corrected chi connectivity index (χ1v) is 8.26. The smallest absolute Gasteiger partial charge is 0.161 e. The second-order valence-corrected chi connectivity index (χ2v) is 5.83. The molecule has 0 heterocycles. The molecule has 0 aromatic heterocycles. The molecule has 5 heteroatoms. The summed E-state index contributed by atoms with van der Waals surface area (Å²) in [6.07, 6.45) is 0. The van der Waals surface area contributed by atoms with Crippen molar-refractivity contribution >= 4 is 0 Å². The van der Waals surface area contributed by atoms with Gasteiger partial charge >= 0.3 is 0 Å². The summed E-state index contributed by atoms with van der Waals surface area (Å²) in [4.78, 5) is 0. The first-order chi connectivity index (χ1) is 12.1. The predicted molar refractivity (Wildman–Crippen MR) is 96.7 cm³/mol. The van der Waals surface area contributed by atoms with E-state index in [1.54, 1.807) is 13.2 Å². The number of nitrogens with zero attached hydrogens (tertiary/aromatic N) is 1. The Bertz CT molecular complexity index is 740. The van der Waals surface area contributed by atoms with Gasteiger partial charge in [-0.1, -0.05) is 18.2 Å². The lowest BCUT2D eigenvalue weighted by Gasteiger charge is -2.22. The minimum atomic E-state index is -0.0395. The van der Waals surface area contributed by atoms with Crippen LogP contribution in [0.15, 0.2) is 42.5 Å². The van der Waals surface area contributed by atoms with Gasteiger partial charge in [0, 0.05) is 12.1 Å². The minimum absolute atomic E-state index is 0.0395. The summed E-state index contributed by atoms with van der Waals surface area (Å²) in [6, 6.07) is 15.7. The molecule has 25 heavy (non-hydrogen) atoms. The van der Waals surface area contributed by atoms with Gasteiger partial charge in [0.2, 0.25) is 0 Å². The molecule has 0 aliphatic heterocycles. The van der Waals surface area contributed by atoms with Crippen molar-refractivity contribution in [3.05, 3.63) is 59.2 Å². The van der Waals surface area contributed by atoms with Crippen LogP contribution in [0.25, 0.3) is 0 Å². The average molecular weight is 340 g/mol. The van der Waals surface area contributed by atoms with E-state index in [1.807, 2.05) is 36.4 Å². The second-order valence-electron chi connectivity index (χ2n) is 5.83. The maximum atomic E-state index is 9.04. The molecule has 2 N–H and O–H groups in total. The molecule has 0 saturated heterocycles. The first-order valence-electron chi connectivity index (χ1n) is 8.26. The van der Waals surface area contributed by atoms with Crippen LogP contribution in [0.5, 0.6) is 11.5 Å². The summed E-state index contributed by atoms with van der Waals surface area (Å²) in [5.41, 5.74) is 2.79. The number of rotatable bonds is 8. The number of aliphatic hydroxyl groups is 1. The zero-order valence-electron chi connectivity index (χ0n) is 14.8. The van der Waals surface area contributed by atoms with E-state index in [2.05, 4.69) is 25.2 Å². The van der Waals surface area contributed by atoms with Gasteiger partial charge in [0.15, 0.2) is 11.5 Å². The van der Waals surface area contributed by atoms with Crippen LogP contribution in [0.2, 0.25) is 0 Å². The van der Waals surface area contributed by atoms with Crippen LogP contribution >= 0.6 is 0 Å². The quantitative estimate of drug-likeness (QED) is 0.771. The number of methoxy groups -OCH3 is 1. The van der Waals surface area contributed by atoms with Gasteiger partial charge in [-0.05, 0) is 49.2 Å². The Morgan fingerprint density at radius 2 is 1.80 bits per heavy atom. The summed E-state index contributed by atoms with van der Waals surface area (Å²) in [6.45, 7) is 4.34. The maximum Gasteiger partial charge on any atom is 0.161 e. The molecule has 0 fully saturated rings. The molecule has 2 rings (SSSR count). The normalized spacial score (nSPS) is 12.9. The Labute approximate surface area is 148 Å². The topological polar surface area (TPSA) is 74.5 Å². The molecule has 0 aliphatic carbocycles. The van der Waals surface area contributed by atoms with Crippen LogP contribution in [0.4, 0.5) is 0 Å². The second kappa shape index (κ2) is 9.07. The van der Waals surface area contributed by atoms with Crippen molar-refractivity contribution in [1.82, 2.24) is 5.32 Å². The van der Waals surface area contributed by atoms with Crippen molar-refractivity contribution in [2.45, 2.75) is 25.9 Å². The Balaban J connectivity index is 2.11. The zero-order chi connectivity index (χ0) is 18.2. The Morgan fingerprint density at radius 3 is 2.44 bits per heavy atom. The SMILES string of the molecule is COc1cc(C(C)NC(C)c2cccc(C#N)c2)ccc1OCCO. The molecule has 2 aromatic carbocycles. The van der Waals surface area contributed by atoms with Gasteiger partial charge in [-0.15, -0.1) is 0 Å². The van der Waals surface area contributed by atoms with Gasteiger partial charge in [-0.2, -0.15) is 5.26 Å². The molecule has 2 unspecified atom stereocenters. The van der Waals surface area contributed by atoms with Crippen molar-refractivity contribution in [2.75, 3.05) is 20.3 Å². The van der Waals surface area contributed by atoms with Gasteiger partial charge in [0.1, 0.15) is 6.61 Å². The number of hydrogen-bond acceptors (Lipinski definition) is 5. The average Bonchev–Trinajstić information content (AvgIpc) is 2.66. The lowest BCUT2D eigenvalue weighted by molar-refractivity contribution is 0.196. The van der Waals surface area contributed by atoms with Crippen molar-refractivity contribution < 1.29 is 14.6 Å². The Kier molecular flexibility index (Phi) is 6.81. The molecule has 0 saturated carbocycles. The molecule has 132 valence electrons. The fraction of sp³-hybridized carbons (Fsp3) is 0.350. The van der Waals surface area contributed by atoms with E-state index in [4.69, 9.17) is 19.8 Å². The van der Waals surface area contributed by atoms with Crippen LogP contribution in [0.3, 0.4) is 0 Å². The molecule has 0 spiro atoms. The molecule has 5 nitrogen and oxygen atoms in total. The van der Waals surface area contributed by atoms with Gasteiger partial charge in [-0.3, -0.25) is 0 Å². The van der Waals surface area contributed by atoms with E-state index in [-0.39, 0.29) is 25.3 Å². The van der Waals surface area contributed by atoms with Gasteiger partial charge in [-0.25, -0.2) is 0 Å². The van der Waals surface area contributed by atoms with E-state index in [0.717, 1.165) is 11.1 Å². The minimum Gasteiger partial charge on any atom is -0.493 e. The summed E-state index contributed by atoms with van der Waals surface area (Å²) >= 11 is 0. The number of nitriles is 1. The van der Waals surface area contributed by atoms with Crippen molar-refractivity contribution in [3.8, 4) is 17.6 Å². The Morgan fingerprint density at radius 1 is 1.08 bits per heavy atom. The fourth-order valence-corrected chi connectivity index (χ4v) is 2.67. The highest BCUT2D eigenvalue weighted by molar-refractivity contribution is 5.44. The van der Waals surface area contributed by atoms with Gasteiger partial charge < -0.3 is 19.9 Å². The highest BCUT2D eigenvalue weighted by Crippen LogP contribution is 2.31. The van der Waals surface area contributed by atoms with E-state index >= 15 is 0 Å². The lowest BCUT2D eigenvalue weighted by Crippen LogP contribution is -2.22. The number of nitrogens with one attached hydrogen (secondary N) is 1. The van der Waals surface area contributed by atoms with Crippen LogP contribution in [0.1, 0.15) is 42.6 Å². The molecular formula is C20H24N2O3. The standard InChI is InChI=1S/C20H24N2O3/c1-14(17-6-4-5-16(11-17)13-21)22-15(2)18-7-8-19(25-10-9-23)20(12-18)24-3/h4-8,11-12,14-15,22-23H,9-10H2,1-3H3. The number of aliphatic hydroxyl groups excluding tert-OH is 1. The molecular weight excluding hydrogens is 316 g/mol. The van der Waals surface area contributed by atoms with Crippen molar-refractivity contribution in [3.63, 3.8) is 0 Å². The van der Waals surface area contributed by atoms with Crippen molar-refractivity contribution in [2.24, 2.45) is 0 Å². The lowest BCUT2D eigenvalue weighted by atomic mass is 10.0. The van der Waals surface area contributed by atoms with E-state index in [1.165, 1.54) is 0 Å². The summed E-state index contributed by atoms with van der Waals surface area (Å²) in [5.74, 6) is 1.25. The maximum absolute atomic E-state index is 9.04. The molecule has 0 amide bonds. The van der Waals surface area contributed by atoms with E-state index in [9.17, 15) is 0 Å². The summed E-state index contributed by atoms with van der Waals surface area (Å²) in [7, 11) is 1.60. The zero-order valence-corrected chi connectivity index (χ0v) is 14.8. The van der Waals surface area contributed by atoms with Crippen LogP contribution < -0.4 is 14.8 Å². The van der Waals surface area contributed by atoms with E-state index in [0.29, 0.717) is 17.1 Å². The van der Waals surface area contributed by atoms with Crippen molar-refractivity contribution in [1.29, 1.82) is 5.26 Å². The van der Waals surface area contributed by atoms with Gasteiger partial charge in [0.25, 0.3) is 0 Å². The molecule has 2 atom stereocenters. The molecule has 0 bridgehead atoms. The van der Waals surface area contributed by atoms with Crippen LogP contribution in [-0.4, -0.2) is 25.4 Å². The largest absolute Gasteiger partial charge is 0.493 e. The van der Waals surface area contributed by atoms with E-state index < -0.39 is 0 Å². The first kappa shape index (κ1) is 18.8. The van der Waals surface area contributed by atoms with Crippen LogP contribution in [0, 0.1) is 11.3 Å². The highest BCUT2D eigenvalue weighted by atomic mass is 16.5. The summed E-state index contributed by atoms with van der Waals surface area (Å²) in [5, 5.41) is 21.5. The van der Waals surface area contributed by atoms with Crippen LogP contribution in [-0.2, 0) is 0 Å². The molecule has 0 aliphatic rings. The monoisotopic (exact) mass is 340 g/mol. The predicted octanol–water partition coefficient (Wildman–Crippen LogP) is 3.35. The van der Waals surface area contributed by atoms with Gasteiger partial charge in [0.05, 0.1) is 25.3 Å². The number of hydrogen-bond donors (Lipinski definition) is 2. The third kappa shape index (κ3) is 4.96. The molecule has 0 radical (unpaired) electrons. The highest BCUT2D eigenvalue weighted by Gasteiger charge is 2.14. The third-order valence-corrected chi connectivity index (χ3v) is 4.05. The Hall–Kier alpha value is -2.55. The fourth-order valence-electron chi connectivity index (χ4n) is 2.67. The number of ether oxygens (including phenoxy) is 2. The third-order valence-electron chi connectivity index (χ3n) is 4.05.